The van der Waals surface area contributed by atoms with Gasteiger partial charge in [0.2, 0.25) is 0 Å². The first-order valence-electron chi connectivity index (χ1n) is 13.1. The number of hydrogen-bond acceptors (Lipinski definition) is 6. The molecule has 0 aliphatic rings. The van der Waals surface area contributed by atoms with Crippen LogP contribution in [0, 0.1) is 0 Å². The van der Waals surface area contributed by atoms with Gasteiger partial charge in [-0.2, -0.15) is 0 Å². The van der Waals surface area contributed by atoms with Crippen LogP contribution in [-0.4, -0.2) is 39.6 Å². The lowest BCUT2D eigenvalue weighted by Crippen LogP contribution is -2.28. The van der Waals surface area contributed by atoms with E-state index in [9.17, 15) is 0 Å². The Morgan fingerprint density at radius 3 is 0.730 bits per heavy atom. The number of rotatable bonds is 15. The molecule has 0 fully saturated rings. The van der Waals surface area contributed by atoms with Gasteiger partial charge < -0.3 is 28.4 Å². The van der Waals surface area contributed by atoms with Gasteiger partial charge in [0.05, 0.1) is 55.6 Å². The zero-order valence-corrected chi connectivity index (χ0v) is 23.7. The first-order valence-corrected chi connectivity index (χ1v) is 14.4. The van der Waals surface area contributed by atoms with Gasteiger partial charge in [-0.15, -0.1) is 0 Å². The smallest absolute Gasteiger partial charge is 0.131 e. The van der Waals surface area contributed by atoms with Crippen molar-refractivity contribution in [2.75, 3.05) is 39.6 Å². The van der Waals surface area contributed by atoms with E-state index in [1.165, 1.54) is 0 Å². The molecule has 0 amide bonds. The van der Waals surface area contributed by atoms with E-state index < -0.39 is 7.92 Å². The second-order valence-electron chi connectivity index (χ2n) is 7.74. The highest BCUT2D eigenvalue weighted by atomic mass is 31.1. The molecule has 0 heterocycles. The Balaban J connectivity index is 2.53. The molecular weight excluding hydrogens is 487 g/mol. The van der Waals surface area contributed by atoms with Crippen molar-refractivity contribution in [3.8, 4) is 34.5 Å². The van der Waals surface area contributed by atoms with E-state index >= 15 is 0 Å². The van der Waals surface area contributed by atoms with Crippen LogP contribution in [0.25, 0.3) is 0 Å². The van der Waals surface area contributed by atoms with Crippen LogP contribution in [-0.2, 0) is 0 Å². The van der Waals surface area contributed by atoms with Crippen LogP contribution in [0.2, 0.25) is 0 Å². The highest BCUT2D eigenvalue weighted by Crippen LogP contribution is 2.49. The van der Waals surface area contributed by atoms with Crippen molar-refractivity contribution in [3.05, 3.63) is 54.6 Å². The van der Waals surface area contributed by atoms with Gasteiger partial charge in [-0.25, -0.2) is 0 Å². The van der Waals surface area contributed by atoms with E-state index in [1.54, 1.807) is 0 Å². The summed E-state index contributed by atoms with van der Waals surface area (Å²) >= 11 is 0. The van der Waals surface area contributed by atoms with Crippen LogP contribution in [0.15, 0.2) is 54.6 Å². The third kappa shape index (κ3) is 6.61. The van der Waals surface area contributed by atoms with E-state index in [-0.39, 0.29) is 0 Å². The summed E-state index contributed by atoms with van der Waals surface area (Å²) in [7, 11) is -1.39. The summed E-state index contributed by atoms with van der Waals surface area (Å²) in [5, 5.41) is 2.80. The molecule has 3 rings (SSSR count). The number of hydrogen-bond donors (Lipinski definition) is 0. The molecule has 0 unspecified atom stereocenters. The minimum Gasteiger partial charge on any atom is -0.493 e. The normalized spacial score (nSPS) is 10.8. The largest absolute Gasteiger partial charge is 0.493 e. The minimum absolute atomic E-state index is 0.516. The van der Waals surface area contributed by atoms with E-state index in [1.807, 2.05) is 96.1 Å². The molecule has 3 aromatic carbocycles. The van der Waals surface area contributed by atoms with Gasteiger partial charge >= 0.3 is 0 Å². The second-order valence-corrected chi connectivity index (χ2v) is 9.75. The first-order chi connectivity index (χ1) is 18.1. The lowest BCUT2D eigenvalue weighted by atomic mass is 10.3. The molecule has 200 valence electrons. The number of ether oxygens (including phenoxy) is 6. The van der Waals surface area contributed by atoms with Gasteiger partial charge in [-0.05, 0) is 77.9 Å². The van der Waals surface area contributed by atoms with Crippen molar-refractivity contribution >= 4 is 23.8 Å². The Morgan fingerprint density at radius 2 is 0.568 bits per heavy atom. The average Bonchev–Trinajstić information content (AvgIpc) is 2.89. The van der Waals surface area contributed by atoms with E-state index in [2.05, 4.69) is 0 Å². The Hall–Kier alpha value is -3.11. The molecule has 0 N–H and O–H groups in total. The van der Waals surface area contributed by atoms with Crippen LogP contribution >= 0.6 is 7.92 Å². The van der Waals surface area contributed by atoms with Crippen molar-refractivity contribution < 1.29 is 28.4 Å². The Morgan fingerprint density at radius 1 is 0.378 bits per heavy atom. The quantitative estimate of drug-likeness (QED) is 0.232. The van der Waals surface area contributed by atoms with Gasteiger partial charge in [0.1, 0.15) is 34.5 Å². The molecule has 0 aromatic heterocycles. The third-order valence-corrected chi connectivity index (χ3v) is 8.02. The molecule has 0 aliphatic heterocycles. The molecule has 0 radical (unpaired) electrons. The fourth-order valence-corrected chi connectivity index (χ4v) is 6.96. The molecule has 0 spiro atoms. The summed E-state index contributed by atoms with van der Waals surface area (Å²) < 4.78 is 37.3. The zero-order valence-electron chi connectivity index (χ0n) is 22.8. The fourth-order valence-electron chi connectivity index (χ4n) is 4.14. The van der Waals surface area contributed by atoms with Crippen LogP contribution in [0.1, 0.15) is 41.5 Å². The lowest BCUT2D eigenvalue weighted by molar-refractivity contribution is 0.326. The van der Waals surface area contributed by atoms with Crippen LogP contribution < -0.4 is 44.3 Å². The van der Waals surface area contributed by atoms with Crippen molar-refractivity contribution in [1.29, 1.82) is 0 Å². The highest BCUT2D eigenvalue weighted by molar-refractivity contribution is 7.81. The second kappa shape index (κ2) is 14.6. The summed E-state index contributed by atoms with van der Waals surface area (Å²) in [6, 6.07) is 17.8. The van der Waals surface area contributed by atoms with Crippen molar-refractivity contribution in [2.45, 2.75) is 41.5 Å². The monoisotopic (exact) mass is 526 g/mol. The maximum atomic E-state index is 6.22. The Kier molecular flexibility index (Phi) is 11.2. The van der Waals surface area contributed by atoms with Gasteiger partial charge in [-0.3, -0.25) is 0 Å². The van der Waals surface area contributed by atoms with Gasteiger partial charge in [-0.1, -0.05) is 18.2 Å². The van der Waals surface area contributed by atoms with Gasteiger partial charge in [0, 0.05) is 7.92 Å². The van der Waals surface area contributed by atoms with Crippen molar-refractivity contribution in [2.24, 2.45) is 0 Å². The SMILES string of the molecule is CCOc1cccc(OCC)c1P(c1c(OCC)cccc1OCC)c1c(OCC)cccc1OCC. The Bertz CT molecular complexity index is 919. The van der Waals surface area contributed by atoms with Crippen LogP contribution in [0.5, 0.6) is 34.5 Å². The molecule has 0 bridgehead atoms. The lowest BCUT2D eigenvalue weighted by Gasteiger charge is -2.29. The summed E-state index contributed by atoms with van der Waals surface area (Å²) in [5.74, 6) is 4.51. The van der Waals surface area contributed by atoms with E-state index in [0.29, 0.717) is 39.6 Å². The average molecular weight is 527 g/mol. The predicted molar refractivity (Wildman–Crippen MR) is 152 cm³/mol. The highest BCUT2D eigenvalue weighted by Gasteiger charge is 2.35. The topological polar surface area (TPSA) is 55.4 Å². The van der Waals surface area contributed by atoms with E-state index in [0.717, 1.165) is 50.4 Å². The zero-order chi connectivity index (χ0) is 26.6. The predicted octanol–water partition coefficient (Wildman–Crippen LogP) is 5.84. The molecule has 7 heteroatoms. The van der Waals surface area contributed by atoms with Crippen molar-refractivity contribution in [1.82, 2.24) is 0 Å². The molecule has 0 saturated carbocycles. The number of benzene rings is 3. The maximum Gasteiger partial charge on any atom is 0.131 e. The summed E-state index contributed by atoms with van der Waals surface area (Å²) in [5.41, 5.74) is 0. The summed E-state index contributed by atoms with van der Waals surface area (Å²) in [6.07, 6.45) is 0. The minimum atomic E-state index is -1.39. The molecule has 0 aliphatic carbocycles. The van der Waals surface area contributed by atoms with Crippen LogP contribution in [0.4, 0.5) is 0 Å². The standard InChI is InChI=1S/C30H39O6P/c1-7-31-22-16-13-17-23(32-8-2)28(22)37(29-24(33-9-3)18-14-19-25(29)34-10-4)30-26(35-11-5)20-15-21-27(30)36-12-6/h13-21H,7-12H2,1-6H3. The first kappa shape index (κ1) is 28.5. The molecule has 0 atom stereocenters. The van der Waals surface area contributed by atoms with Gasteiger partial charge in [0.25, 0.3) is 0 Å². The molecule has 37 heavy (non-hydrogen) atoms. The fraction of sp³-hybridized carbons (Fsp3) is 0.400. The van der Waals surface area contributed by atoms with Gasteiger partial charge in [0.15, 0.2) is 0 Å². The summed E-state index contributed by atoms with van der Waals surface area (Å²) in [6.45, 7) is 15.0. The maximum absolute atomic E-state index is 6.22. The summed E-state index contributed by atoms with van der Waals surface area (Å²) in [4.78, 5) is 0. The molecule has 3 aromatic rings. The molecule has 6 nitrogen and oxygen atoms in total. The van der Waals surface area contributed by atoms with E-state index in [4.69, 9.17) is 28.4 Å². The molecular formula is C30H39O6P. The molecule has 0 saturated heterocycles. The Labute approximate surface area is 222 Å². The van der Waals surface area contributed by atoms with Crippen LogP contribution in [0.3, 0.4) is 0 Å². The third-order valence-electron chi connectivity index (χ3n) is 5.36. The van der Waals surface area contributed by atoms with Crippen molar-refractivity contribution in [3.63, 3.8) is 0 Å².